The number of amides is 2. The van der Waals surface area contributed by atoms with Crippen molar-refractivity contribution in [2.75, 3.05) is 5.32 Å². The van der Waals surface area contributed by atoms with Crippen molar-refractivity contribution in [1.29, 1.82) is 0 Å². The molecule has 5 nitrogen and oxygen atoms in total. The molecule has 1 aliphatic rings. The molecule has 0 aliphatic heterocycles. The molecule has 0 bridgehead atoms. The Morgan fingerprint density at radius 2 is 1.84 bits per heavy atom. The fraction of sp³-hybridized carbons (Fsp3) is 0.350. The summed E-state index contributed by atoms with van der Waals surface area (Å²) in [4.78, 5) is 29.0. The maximum atomic E-state index is 12.5. The molecule has 2 aromatic rings. The summed E-state index contributed by atoms with van der Waals surface area (Å²) in [5, 5.41) is 5.90. The van der Waals surface area contributed by atoms with Crippen LogP contribution in [-0.2, 0) is 0 Å². The molecule has 0 atom stereocenters. The van der Waals surface area contributed by atoms with Gasteiger partial charge in [-0.1, -0.05) is 25.0 Å². The number of hydrogen-bond acceptors (Lipinski definition) is 3. The van der Waals surface area contributed by atoms with Gasteiger partial charge in [0.15, 0.2) is 0 Å². The molecule has 1 saturated carbocycles. The van der Waals surface area contributed by atoms with Crippen LogP contribution in [0.2, 0.25) is 0 Å². The van der Waals surface area contributed by atoms with Crippen LogP contribution in [0, 0.1) is 13.8 Å². The highest BCUT2D eigenvalue weighted by Crippen LogP contribution is 2.20. The predicted octanol–water partition coefficient (Wildman–Crippen LogP) is 3.62. The third-order valence-electron chi connectivity index (χ3n) is 4.80. The predicted molar refractivity (Wildman–Crippen MR) is 97.8 cm³/mol. The van der Waals surface area contributed by atoms with Crippen molar-refractivity contribution in [3.8, 4) is 0 Å². The second-order valence-electron chi connectivity index (χ2n) is 6.59. The number of nitrogens with one attached hydrogen (secondary N) is 2. The molecular weight excluding hydrogens is 314 g/mol. The van der Waals surface area contributed by atoms with Gasteiger partial charge in [-0.15, -0.1) is 0 Å². The summed E-state index contributed by atoms with van der Waals surface area (Å²) in [6.45, 7) is 3.97. The smallest absolute Gasteiger partial charge is 0.270 e. The second-order valence-corrected chi connectivity index (χ2v) is 6.59. The standard InChI is InChI=1S/C20H23N3O2/c1-13-6-5-9-17(14(13)2)23-19(24)15-10-11-21-18(12-15)20(25)22-16-7-3-4-8-16/h5-6,9-12,16H,3-4,7-8H2,1-2H3,(H,22,25)(H,23,24). The van der Waals surface area contributed by atoms with Crippen LogP contribution in [0.25, 0.3) is 0 Å². The largest absolute Gasteiger partial charge is 0.348 e. The number of nitrogens with zero attached hydrogens (tertiary/aromatic N) is 1. The second kappa shape index (κ2) is 7.47. The summed E-state index contributed by atoms with van der Waals surface area (Å²) >= 11 is 0. The zero-order valence-corrected chi connectivity index (χ0v) is 14.6. The molecule has 0 radical (unpaired) electrons. The SMILES string of the molecule is Cc1cccc(NC(=O)c2ccnc(C(=O)NC3CCCC3)c2)c1C. The van der Waals surface area contributed by atoms with Crippen molar-refractivity contribution in [3.63, 3.8) is 0 Å². The van der Waals surface area contributed by atoms with E-state index in [-0.39, 0.29) is 23.6 Å². The summed E-state index contributed by atoms with van der Waals surface area (Å²) in [6.07, 6.45) is 5.83. The van der Waals surface area contributed by atoms with Gasteiger partial charge in [-0.05, 0) is 56.0 Å². The van der Waals surface area contributed by atoms with Gasteiger partial charge in [-0.3, -0.25) is 14.6 Å². The molecule has 1 aliphatic carbocycles. The van der Waals surface area contributed by atoms with Gasteiger partial charge >= 0.3 is 0 Å². The Labute approximate surface area is 147 Å². The van der Waals surface area contributed by atoms with Crippen molar-refractivity contribution in [3.05, 3.63) is 58.9 Å². The van der Waals surface area contributed by atoms with Gasteiger partial charge in [0.1, 0.15) is 5.69 Å². The van der Waals surface area contributed by atoms with Gasteiger partial charge in [-0.25, -0.2) is 0 Å². The van der Waals surface area contributed by atoms with E-state index in [1.807, 2.05) is 32.0 Å². The summed E-state index contributed by atoms with van der Waals surface area (Å²) in [7, 11) is 0. The summed E-state index contributed by atoms with van der Waals surface area (Å²) in [6, 6.07) is 9.17. The zero-order valence-electron chi connectivity index (χ0n) is 14.6. The molecular formula is C20H23N3O2. The van der Waals surface area contributed by atoms with Gasteiger partial charge in [0.05, 0.1) is 0 Å². The molecule has 2 N–H and O–H groups in total. The number of carbonyl (C=O) groups is 2. The van der Waals surface area contributed by atoms with Gasteiger partial charge < -0.3 is 10.6 Å². The highest BCUT2D eigenvalue weighted by molar-refractivity contribution is 6.06. The number of aromatic nitrogens is 1. The van der Waals surface area contributed by atoms with E-state index in [9.17, 15) is 9.59 Å². The quantitative estimate of drug-likeness (QED) is 0.895. The van der Waals surface area contributed by atoms with E-state index in [2.05, 4.69) is 15.6 Å². The molecule has 2 amide bonds. The third kappa shape index (κ3) is 4.05. The summed E-state index contributed by atoms with van der Waals surface area (Å²) in [5.41, 5.74) is 3.63. The minimum Gasteiger partial charge on any atom is -0.348 e. The lowest BCUT2D eigenvalue weighted by molar-refractivity contribution is 0.0933. The molecule has 1 heterocycles. The first-order chi connectivity index (χ1) is 12.0. The van der Waals surface area contributed by atoms with E-state index < -0.39 is 0 Å². The molecule has 5 heteroatoms. The Kier molecular flexibility index (Phi) is 5.12. The van der Waals surface area contributed by atoms with E-state index in [1.165, 1.54) is 6.20 Å². The molecule has 130 valence electrons. The van der Waals surface area contributed by atoms with E-state index in [4.69, 9.17) is 0 Å². The fourth-order valence-corrected chi connectivity index (χ4v) is 3.11. The normalized spacial score (nSPS) is 14.3. The van der Waals surface area contributed by atoms with Gasteiger partial charge in [0.25, 0.3) is 11.8 Å². The number of aryl methyl sites for hydroxylation is 1. The van der Waals surface area contributed by atoms with Crippen LogP contribution in [0.4, 0.5) is 5.69 Å². The topological polar surface area (TPSA) is 71.1 Å². The van der Waals surface area contributed by atoms with Crippen LogP contribution in [-0.4, -0.2) is 22.8 Å². The van der Waals surface area contributed by atoms with Gasteiger partial charge in [-0.2, -0.15) is 0 Å². The molecule has 1 aromatic carbocycles. The fourth-order valence-electron chi connectivity index (χ4n) is 3.11. The summed E-state index contributed by atoms with van der Waals surface area (Å²) in [5.74, 6) is -0.459. The van der Waals surface area contributed by atoms with Gasteiger partial charge in [0, 0.05) is 23.5 Å². The molecule has 1 aromatic heterocycles. The highest BCUT2D eigenvalue weighted by atomic mass is 16.2. The van der Waals surface area contributed by atoms with Crippen molar-refractivity contribution < 1.29 is 9.59 Å². The van der Waals surface area contributed by atoms with Crippen molar-refractivity contribution in [2.24, 2.45) is 0 Å². The van der Waals surface area contributed by atoms with Crippen LogP contribution in [0.5, 0.6) is 0 Å². The minimum atomic E-state index is -0.244. The van der Waals surface area contributed by atoms with Gasteiger partial charge in [0.2, 0.25) is 0 Å². The average Bonchev–Trinajstić information content (AvgIpc) is 3.12. The Hall–Kier alpha value is -2.69. The lowest BCUT2D eigenvalue weighted by Gasteiger charge is -2.12. The third-order valence-corrected chi connectivity index (χ3v) is 4.80. The Bertz CT molecular complexity index is 795. The number of anilines is 1. The van der Waals surface area contributed by atoms with Crippen LogP contribution < -0.4 is 10.6 Å². The van der Waals surface area contributed by atoms with Crippen LogP contribution in [0.1, 0.15) is 57.7 Å². The lowest BCUT2D eigenvalue weighted by Crippen LogP contribution is -2.33. The van der Waals surface area contributed by atoms with Crippen molar-refractivity contribution in [2.45, 2.75) is 45.6 Å². The Morgan fingerprint density at radius 1 is 1.08 bits per heavy atom. The van der Waals surface area contributed by atoms with E-state index in [1.54, 1.807) is 12.1 Å². The Balaban J connectivity index is 1.72. The van der Waals surface area contributed by atoms with E-state index >= 15 is 0 Å². The monoisotopic (exact) mass is 337 g/mol. The first-order valence-corrected chi connectivity index (χ1v) is 8.69. The maximum absolute atomic E-state index is 12.5. The number of rotatable bonds is 4. The number of hydrogen-bond donors (Lipinski definition) is 2. The molecule has 1 fully saturated rings. The number of carbonyl (C=O) groups excluding carboxylic acids is 2. The van der Waals surface area contributed by atoms with Crippen molar-refractivity contribution in [1.82, 2.24) is 10.3 Å². The van der Waals surface area contributed by atoms with Crippen molar-refractivity contribution >= 4 is 17.5 Å². The maximum Gasteiger partial charge on any atom is 0.270 e. The van der Waals surface area contributed by atoms with Crippen LogP contribution >= 0.6 is 0 Å². The minimum absolute atomic E-state index is 0.215. The molecule has 3 rings (SSSR count). The number of pyridine rings is 1. The first kappa shape index (κ1) is 17.1. The van der Waals surface area contributed by atoms with E-state index in [0.717, 1.165) is 42.5 Å². The highest BCUT2D eigenvalue weighted by Gasteiger charge is 2.19. The first-order valence-electron chi connectivity index (χ1n) is 8.69. The molecule has 0 unspecified atom stereocenters. The summed E-state index contributed by atoms with van der Waals surface area (Å²) < 4.78 is 0. The van der Waals surface area contributed by atoms with E-state index in [0.29, 0.717) is 5.56 Å². The van der Waals surface area contributed by atoms with Crippen LogP contribution in [0.3, 0.4) is 0 Å². The number of benzene rings is 1. The lowest BCUT2D eigenvalue weighted by atomic mass is 10.1. The molecule has 0 saturated heterocycles. The molecule has 0 spiro atoms. The zero-order chi connectivity index (χ0) is 17.8. The average molecular weight is 337 g/mol. The Morgan fingerprint density at radius 3 is 2.60 bits per heavy atom. The van der Waals surface area contributed by atoms with Crippen LogP contribution in [0.15, 0.2) is 36.5 Å². The molecule has 25 heavy (non-hydrogen) atoms.